The van der Waals surface area contributed by atoms with Crippen LogP contribution in [-0.4, -0.2) is 56.1 Å². The van der Waals surface area contributed by atoms with Gasteiger partial charge in [0, 0.05) is 31.2 Å². The molecule has 0 radical (unpaired) electrons. The van der Waals surface area contributed by atoms with Crippen molar-refractivity contribution in [2.75, 3.05) is 27.3 Å². The van der Waals surface area contributed by atoms with Gasteiger partial charge in [-0.2, -0.15) is 0 Å². The van der Waals surface area contributed by atoms with Crippen molar-refractivity contribution in [1.82, 2.24) is 15.5 Å². The monoisotopic (exact) mass is 349 g/mol. The first-order chi connectivity index (χ1) is 12.0. The van der Waals surface area contributed by atoms with Crippen LogP contribution in [0.2, 0.25) is 0 Å². The lowest BCUT2D eigenvalue weighted by molar-refractivity contribution is -0.134. The van der Waals surface area contributed by atoms with Crippen LogP contribution < -0.4 is 20.1 Å². The molecule has 2 rings (SSSR count). The minimum Gasteiger partial charge on any atom is -0.493 e. The van der Waals surface area contributed by atoms with E-state index in [1.165, 1.54) is 0 Å². The predicted molar refractivity (Wildman–Crippen MR) is 94.6 cm³/mol. The summed E-state index contributed by atoms with van der Waals surface area (Å²) in [4.78, 5) is 26.4. The quantitative estimate of drug-likeness (QED) is 0.765. The predicted octanol–water partition coefficient (Wildman–Crippen LogP) is 0.919. The van der Waals surface area contributed by atoms with Gasteiger partial charge in [0.25, 0.3) is 0 Å². The van der Waals surface area contributed by atoms with Crippen molar-refractivity contribution >= 4 is 11.8 Å². The van der Waals surface area contributed by atoms with Crippen LogP contribution in [0.25, 0.3) is 0 Å². The van der Waals surface area contributed by atoms with E-state index in [1.54, 1.807) is 14.2 Å². The molecule has 0 spiro atoms. The molecule has 1 aromatic rings. The zero-order valence-corrected chi connectivity index (χ0v) is 15.3. The minimum absolute atomic E-state index is 0.0473. The number of carbonyl (C=O) groups is 2. The van der Waals surface area contributed by atoms with Crippen molar-refractivity contribution in [2.24, 2.45) is 0 Å². The Labute approximate surface area is 148 Å². The third-order valence-corrected chi connectivity index (χ3v) is 4.13. The second-order valence-electron chi connectivity index (χ2n) is 6.36. The van der Waals surface area contributed by atoms with Gasteiger partial charge in [-0.15, -0.1) is 0 Å². The molecule has 138 valence electrons. The molecule has 7 heteroatoms. The fraction of sp³-hybridized carbons (Fsp3) is 0.556. The van der Waals surface area contributed by atoms with E-state index in [1.807, 2.05) is 36.9 Å². The zero-order chi connectivity index (χ0) is 18.4. The maximum Gasteiger partial charge on any atom is 0.237 e. The molecule has 1 saturated heterocycles. The summed E-state index contributed by atoms with van der Waals surface area (Å²) in [6.45, 7) is 5.54. The lowest BCUT2D eigenvalue weighted by atomic mass is 10.1. The molecule has 1 aromatic carbocycles. The number of hydrogen-bond donors (Lipinski definition) is 2. The molecule has 1 fully saturated rings. The van der Waals surface area contributed by atoms with Crippen molar-refractivity contribution < 1.29 is 19.1 Å². The number of benzene rings is 1. The zero-order valence-electron chi connectivity index (χ0n) is 15.3. The highest BCUT2D eigenvalue weighted by atomic mass is 16.5. The number of para-hydroxylation sites is 1. The number of piperazine rings is 1. The van der Waals surface area contributed by atoms with Crippen molar-refractivity contribution in [3.63, 3.8) is 0 Å². The molecule has 1 aliphatic rings. The van der Waals surface area contributed by atoms with E-state index in [0.717, 1.165) is 5.56 Å². The highest BCUT2D eigenvalue weighted by molar-refractivity contribution is 5.88. The molecule has 25 heavy (non-hydrogen) atoms. The molecule has 0 bridgehead atoms. The molecule has 2 amide bonds. The molecule has 0 aliphatic carbocycles. The van der Waals surface area contributed by atoms with E-state index >= 15 is 0 Å². The van der Waals surface area contributed by atoms with E-state index < -0.39 is 6.04 Å². The van der Waals surface area contributed by atoms with Crippen LogP contribution in [0.5, 0.6) is 11.5 Å². The molecular weight excluding hydrogens is 322 g/mol. The van der Waals surface area contributed by atoms with E-state index in [9.17, 15) is 9.59 Å². The number of nitrogens with zero attached hydrogens (tertiary/aromatic N) is 1. The first kappa shape index (κ1) is 19.1. The van der Waals surface area contributed by atoms with Crippen LogP contribution in [0, 0.1) is 0 Å². The van der Waals surface area contributed by atoms with E-state index in [-0.39, 0.29) is 24.3 Å². The van der Waals surface area contributed by atoms with Gasteiger partial charge in [-0.25, -0.2) is 0 Å². The highest BCUT2D eigenvalue weighted by Crippen LogP contribution is 2.32. The summed E-state index contributed by atoms with van der Waals surface area (Å²) >= 11 is 0. The Morgan fingerprint density at radius 1 is 1.36 bits per heavy atom. The van der Waals surface area contributed by atoms with Gasteiger partial charge < -0.3 is 20.1 Å². The summed E-state index contributed by atoms with van der Waals surface area (Å²) < 4.78 is 10.8. The lowest BCUT2D eigenvalue weighted by Gasteiger charge is -2.35. The maximum absolute atomic E-state index is 12.3. The first-order valence-corrected chi connectivity index (χ1v) is 8.47. The Bertz CT molecular complexity index is 618. The largest absolute Gasteiger partial charge is 0.493 e. The number of nitrogens with one attached hydrogen (secondary N) is 2. The van der Waals surface area contributed by atoms with Crippen LogP contribution in [0.15, 0.2) is 18.2 Å². The molecule has 1 atom stereocenters. The third-order valence-electron chi connectivity index (χ3n) is 4.13. The van der Waals surface area contributed by atoms with E-state index in [4.69, 9.17) is 9.47 Å². The van der Waals surface area contributed by atoms with Gasteiger partial charge in [-0.05, 0) is 19.9 Å². The fourth-order valence-corrected chi connectivity index (χ4v) is 3.03. The standard InChI is InChI=1S/C18H27N3O4/c1-12(2)20-16(22)10-14-18(23)19-8-9-21(14)11-13-6-5-7-15(24-3)17(13)25-4/h5-7,12,14H,8-11H2,1-4H3,(H,19,23)(H,20,22)/t14-/m1/s1. The Kier molecular flexibility index (Phi) is 6.64. The Morgan fingerprint density at radius 2 is 2.12 bits per heavy atom. The van der Waals surface area contributed by atoms with E-state index in [0.29, 0.717) is 31.1 Å². The smallest absolute Gasteiger partial charge is 0.237 e. The van der Waals surface area contributed by atoms with Gasteiger partial charge in [-0.1, -0.05) is 12.1 Å². The van der Waals surface area contributed by atoms with Crippen LogP contribution in [-0.2, 0) is 16.1 Å². The topological polar surface area (TPSA) is 79.9 Å². The van der Waals surface area contributed by atoms with Crippen LogP contribution in [0.1, 0.15) is 25.8 Å². The van der Waals surface area contributed by atoms with Gasteiger partial charge in [0.1, 0.15) is 0 Å². The number of methoxy groups -OCH3 is 2. The van der Waals surface area contributed by atoms with Gasteiger partial charge in [0.2, 0.25) is 11.8 Å². The number of hydrogen-bond acceptors (Lipinski definition) is 5. The molecule has 0 unspecified atom stereocenters. The molecular formula is C18H27N3O4. The summed E-state index contributed by atoms with van der Waals surface area (Å²) in [5.41, 5.74) is 0.922. The second-order valence-corrected chi connectivity index (χ2v) is 6.36. The third kappa shape index (κ3) is 4.85. The number of amides is 2. The molecule has 2 N–H and O–H groups in total. The second kappa shape index (κ2) is 8.71. The van der Waals surface area contributed by atoms with Gasteiger partial charge in [0.15, 0.2) is 11.5 Å². The lowest BCUT2D eigenvalue weighted by Crippen LogP contribution is -2.56. The summed E-state index contributed by atoms with van der Waals surface area (Å²) in [6, 6.07) is 5.22. The summed E-state index contributed by atoms with van der Waals surface area (Å²) in [7, 11) is 3.19. The number of rotatable bonds is 7. The van der Waals surface area contributed by atoms with Gasteiger partial charge >= 0.3 is 0 Å². The Morgan fingerprint density at radius 3 is 2.76 bits per heavy atom. The molecule has 1 aliphatic heterocycles. The molecule has 0 saturated carbocycles. The van der Waals surface area contributed by atoms with E-state index in [2.05, 4.69) is 10.6 Å². The normalized spacial score (nSPS) is 18.0. The maximum atomic E-state index is 12.3. The highest BCUT2D eigenvalue weighted by Gasteiger charge is 2.32. The number of carbonyl (C=O) groups excluding carboxylic acids is 2. The molecule has 0 aromatic heterocycles. The average Bonchev–Trinajstić information content (AvgIpc) is 2.57. The van der Waals surface area contributed by atoms with Crippen molar-refractivity contribution in [3.05, 3.63) is 23.8 Å². The first-order valence-electron chi connectivity index (χ1n) is 8.47. The Balaban J connectivity index is 2.18. The summed E-state index contributed by atoms with van der Waals surface area (Å²) in [5, 5.41) is 5.69. The average molecular weight is 349 g/mol. The van der Waals surface area contributed by atoms with Crippen molar-refractivity contribution in [3.8, 4) is 11.5 Å². The molecule has 1 heterocycles. The van der Waals surface area contributed by atoms with Gasteiger partial charge in [0.05, 0.1) is 26.7 Å². The van der Waals surface area contributed by atoms with Crippen molar-refractivity contribution in [2.45, 2.75) is 38.9 Å². The SMILES string of the molecule is COc1cccc(CN2CCNC(=O)[C@H]2CC(=O)NC(C)C)c1OC. The number of ether oxygens (including phenoxy) is 2. The Hall–Kier alpha value is -2.28. The van der Waals surface area contributed by atoms with Crippen LogP contribution in [0.3, 0.4) is 0 Å². The van der Waals surface area contributed by atoms with Crippen LogP contribution >= 0.6 is 0 Å². The summed E-state index contributed by atoms with van der Waals surface area (Å²) in [6.07, 6.45) is 0.135. The van der Waals surface area contributed by atoms with Crippen molar-refractivity contribution in [1.29, 1.82) is 0 Å². The summed E-state index contributed by atoms with van der Waals surface area (Å²) in [5.74, 6) is 1.06. The molecule has 7 nitrogen and oxygen atoms in total. The van der Waals surface area contributed by atoms with Crippen LogP contribution in [0.4, 0.5) is 0 Å². The van der Waals surface area contributed by atoms with Gasteiger partial charge in [-0.3, -0.25) is 14.5 Å². The minimum atomic E-state index is -0.497. The fourth-order valence-electron chi connectivity index (χ4n) is 3.03.